The summed E-state index contributed by atoms with van der Waals surface area (Å²) in [5.74, 6) is 0.318. The molecule has 0 saturated carbocycles. The van der Waals surface area contributed by atoms with Crippen molar-refractivity contribution in [3.8, 4) is 5.75 Å². The number of aryl methyl sites for hydroxylation is 1. The topological polar surface area (TPSA) is 52.5 Å². The number of aliphatic hydroxyl groups excluding tert-OH is 1. The molecule has 0 bridgehead atoms. The van der Waals surface area contributed by atoms with Crippen LogP contribution in [0.25, 0.3) is 0 Å². The molecule has 0 aromatic heterocycles. The normalized spacial score (nSPS) is 14.4. The molecule has 3 N–H and O–H groups in total. The Morgan fingerprint density at radius 2 is 1.83 bits per heavy atom. The fraction of sp³-hybridized carbons (Fsp3) is 0.600. The highest BCUT2D eigenvalue weighted by molar-refractivity contribution is 5.25. The van der Waals surface area contributed by atoms with Gasteiger partial charge < -0.3 is 15.5 Å². The lowest BCUT2D eigenvalue weighted by Crippen LogP contribution is -2.37. The number of aromatic hydroxyl groups is 1. The third kappa shape index (κ3) is 5.52. The van der Waals surface area contributed by atoms with Crippen LogP contribution in [0.5, 0.6) is 5.75 Å². The molecule has 18 heavy (non-hydrogen) atoms. The summed E-state index contributed by atoms with van der Waals surface area (Å²) in [7, 11) is 0. The molecule has 1 rings (SSSR count). The van der Waals surface area contributed by atoms with E-state index >= 15 is 0 Å². The standard InChI is InChI=1S/C15H25NO2/c1-3-14(10-11-17)16-12(2)4-5-13-6-8-15(18)9-7-13/h6-9,12,14,16-18H,3-5,10-11H2,1-2H3. The van der Waals surface area contributed by atoms with Crippen molar-refractivity contribution in [1.29, 1.82) is 0 Å². The van der Waals surface area contributed by atoms with E-state index in [1.54, 1.807) is 12.1 Å². The van der Waals surface area contributed by atoms with Gasteiger partial charge in [-0.1, -0.05) is 19.1 Å². The molecule has 0 saturated heterocycles. The summed E-state index contributed by atoms with van der Waals surface area (Å²) >= 11 is 0. The highest BCUT2D eigenvalue weighted by Crippen LogP contribution is 2.12. The van der Waals surface area contributed by atoms with Crippen molar-refractivity contribution >= 4 is 0 Å². The summed E-state index contributed by atoms with van der Waals surface area (Å²) in [6, 6.07) is 8.24. The van der Waals surface area contributed by atoms with Gasteiger partial charge in [-0.3, -0.25) is 0 Å². The second kappa shape index (κ2) is 8.11. The first-order valence-corrected chi connectivity index (χ1v) is 6.80. The molecular weight excluding hydrogens is 226 g/mol. The van der Waals surface area contributed by atoms with E-state index in [1.165, 1.54) is 5.56 Å². The molecule has 0 aliphatic carbocycles. The van der Waals surface area contributed by atoms with Crippen LogP contribution in [0.2, 0.25) is 0 Å². The van der Waals surface area contributed by atoms with Gasteiger partial charge in [0.05, 0.1) is 0 Å². The molecule has 1 aromatic carbocycles. The van der Waals surface area contributed by atoms with Gasteiger partial charge in [0.1, 0.15) is 5.75 Å². The maximum atomic E-state index is 9.21. The molecule has 0 heterocycles. The first-order chi connectivity index (χ1) is 8.65. The second-order valence-electron chi connectivity index (χ2n) is 4.89. The Labute approximate surface area is 110 Å². The smallest absolute Gasteiger partial charge is 0.115 e. The average molecular weight is 251 g/mol. The number of nitrogens with one attached hydrogen (secondary N) is 1. The highest BCUT2D eigenvalue weighted by Gasteiger charge is 2.09. The Balaban J connectivity index is 2.31. The van der Waals surface area contributed by atoms with E-state index in [-0.39, 0.29) is 6.61 Å². The lowest BCUT2D eigenvalue weighted by Gasteiger charge is -2.21. The number of aliphatic hydroxyl groups is 1. The van der Waals surface area contributed by atoms with Crippen LogP contribution >= 0.6 is 0 Å². The molecule has 102 valence electrons. The third-order valence-electron chi connectivity index (χ3n) is 3.29. The summed E-state index contributed by atoms with van der Waals surface area (Å²) in [5, 5.41) is 21.7. The van der Waals surface area contributed by atoms with Crippen LogP contribution in [0.3, 0.4) is 0 Å². The molecule has 0 spiro atoms. The SMILES string of the molecule is CCC(CCO)NC(C)CCc1ccc(O)cc1. The van der Waals surface area contributed by atoms with Crippen molar-refractivity contribution < 1.29 is 10.2 Å². The maximum Gasteiger partial charge on any atom is 0.115 e. The predicted octanol–water partition coefficient (Wildman–Crippen LogP) is 2.46. The number of hydrogen-bond donors (Lipinski definition) is 3. The predicted molar refractivity (Wildman–Crippen MR) is 74.8 cm³/mol. The molecule has 0 fully saturated rings. The highest BCUT2D eigenvalue weighted by atomic mass is 16.3. The Hall–Kier alpha value is -1.06. The van der Waals surface area contributed by atoms with Crippen LogP contribution in [-0.2, 0) is 6.42 Å². The van der Waals surface area contributed by atoms with Gasteiger partial charge in [-0.15, -0.1) is 0 Å². The summed E-state index contributed by atoms with van der Waals surface area (Å²) in [6.45, 7) is 4.57. The fourth-order valence-electron chi connectivity index (χ4n) is 2.09. The van der Waals surface area contributed by atoms with Gasteiger partial charge in [-0.05, 0) is 50.3 Å². The molecular formula is C15H25NO2. The molecule has 2 unspecified atom stereocenters. The van der Waals surface area contributed by atoms with Crippen molar-refractivity contribution in [2.24, 2.45) is 0 Å². The van der Waals surface area contributed by atoms with Crippen LogP contribution in [0.4, 0.5) is 0 Å². The summed E-state index contributed by atoms with van der Waals surface area (Å²) in [6.07, 6.45) is 3.93. The van der Waals surface area contributed by atoms with Crippen molar-refractivity contribution in [1.82, 2.24) is 5.32 Å². The van der Waals surface area contributed by atoms with Crippen LogP contribution in [0.1, 0.15) is 38.7 Å². The summed E-state index contributed by atoms with van der Waals surface area (Å²) < 4.78 is 0. The molecule has 0 aliphatic heterocycles. The third-order valence-corrected chi connectivity index (χ3v) is 3.29. The van der Waals surface area contributed by atoms with Crippen molar-refractivity contribution in [2.45, 2.75) is 51.6 Å². The Kier molecular flexibility index (Phi) is 6.76. The fourth-order valence-corrected chi connectivity index (χ4v) is 2.09. The number of phenolic OH excluding ortho intramolecular Hbond substituents is 1. The number of benzene rings is 1. The lowest BCUT2D eigenvalue weighted by molar-refractivity contribution is 0.255. The van der Waals surface area contributed by atoms with E-state index in [2.05, 4.69) is 19.2 Å². The molecule has 0 aliphatic rings. The quantitative estimate of drug-likeness (QED) is 0.665. The van der Waals surface area contributed by atoms with Gasteiger partial charge in [-0.2, -0.15) is 0 Å². The lowest BCUT2D eigenvalue weighted by atomic mass is 10.0. The van der Waals surface area contributed by atoms with Gasteiger partial charge in [-0.25, -0.2) is 0 Å². The van der Waals surface area contributed by atoms with Gasteiger partial charge >= 0.3 is 0 Å². The minimum absolute atomic E-state index is 0.246. The average Bonchev–Trinajstić information content (AvgIpc) is 2.37. The van der Waals surface area contributed by atoms with E-state index in [1.807, 2.05) is 12.1 Å². The van der Waals surface area contributed by atoms with Gasteiger partial charge in [0.15, 0.2) is 0 Å². The van der Waals surface area contributed by atoms with Crippen molar-refractivity contribution in [3.05, 3.63) is 29.8 Å². The van der Waals surface area contributed by atoms with E-state index in [0.29, 0.717) is 17.8 Å². The van der Waals surface area contributed by atoms with Crippen molar-refractivity contribution in [2.75, 3.05) is 6.61 Å². The van der Waals surface area contributed by atoms with E-state index in [9.17, 15) is 5.11 Å². The Morgan fingerprint density at radius 1 is 1.17 bits per heavy atom. The molecule has 0 radical (unpaired) electrons. The van der Waals surface area contributed by atoms with E-state index in [4.69, 9.17) is 5.11 Å². The zero-order valence-corrected chi connectivity index (χ0v) is 11.4. The van der Waals surface area contributed by atoms with E-state index < -0.39 is 0 Å². The molecule has 3 heteroatoms. The minimum atomic E-state index is 0.246. The van der Waals surface area contributed by atoms with Crippen LogP contribution < -0.4 is 5.32 Å². The Bertz CT molecular complexity index is 324. The van der Waals surface area contributed by atoms with E-state index in [0.717, 1.165) is 25.7 Å². The molecule has 2 atom stereocenters. The molecule has 3 nitrogen and oxygen atoms in total. The maximum absolute atomic E-state index is 9.21. The largest absolute Gasteiger partial charge is 0.508 e. The van der Waals surface area contributed by atoms with Gasteiger partial charge in [0.2, 0.25) is 0 Å². The first-order valence-electron chi connectivity index (χ1n) is 6.80. The molecule has 1 aromatic rings. The van der Waals surface area contributed by atoms with Crippen LogP contribution in [0.15, 0.2) is 24.3 Å². The number of rotatable bonds is 8. The summed E-state index contributed by atoms with van der Waals surface area (Å²) in [5.41, 5.74) is 1.25. The van der Waals surface area contributed by atoms with Crippen LogP contribution in [-0.4, -0.2) is 28.9 Å². The summed E-state index contributed by atoms with van der Waals surface area (Å²) in [4.78, 5) is 0. The Morgan fingerprint density at radius 3 is 2.39 bits per heavy atom. The zero-order chi connectivity index (χ0) is 13.4. The van der Waals surface area contributed by atoms with Gasteiger partial charge in [0, 0.05) is 18.7 Å². The molecule has 0 amide bonds. The van der Waals surface area contributed by atoms with Crippen LogP contribution in [0, 0.1) is 0 Å². The monoisotopic (exact) mass is 251 g/mol. The second-order valence-corrected chi connectivity index (χ2v) is 4.89. The minimum Gasteiger partial charge on any atom is -0.508 e. The first kappa shape index (κ1) is 15.0. The number of phenols is 1. The van der Waals surface area contributed by atoms with Crippen molar-refractivity contribution in [3.63, 3.8) is 0 Å². The zero-order valence-electron chi connectivity index (χ0n) is 11.4. The van der Waals surface area contributed by atoms with Gasteiger partial charge in [0.25, 0.3) is 0 Å². The number of hydrogen-bond acceptors (Lipinski definition) is 3.